The monoisotopic (exact) mass is 136 g/mol. The summed E-state index contributed by atoms with van der Waals surface area (Å²) in [6.07, 6.45) is 3.88. The second-order valence-corrected chi connectivity index (χ2v) is 3.95. The average molecular weight is 136 g/mol. The highest BCUT2D eigenvalue weighted by molar-refractivity contribution is 5.12. The highest BCUT2D eigenvalue weighted by Gasteiger charge is 2.16. The van der Waals surface area contributed by atoms with Crippen LogP contribution in [0, 0.1) is 23.2 Å². The van der Waals surface area contributed by atoms with Crippen molar-refractivity contribution in [1.82, 2.24) is 0 Å². The summed E-state index contributed by atoms with van der Waals surface area (Å²) < 4.78 is 0. The van der Waals surface area contributed by atoms with Gasteiger partial charge in [0.25, 0.3) is 0 Å². The van der Waals surface area contributed by atoms with Gasteiger partial charge >= 0.3 is 0 Å². The van der Waals surface area contributed by atoms with Crippen molar-refractivity contribution >= 4 is 0 Å². The molecule has 0 saturated heterocycles. The van der Waals surface area contributed by atoms with E-state index in [4.69, 9.17) is 0 Å². The van der Waals surface area contributed by atoms with Crippen LogP contribution in [0.25, 0.3) is 0 Å². The van der Waals surface area contributed by atoms with Crippen LogP contribution in [0.3, 0.4) is 0 Å². The van der Waals surface area contributed by atoms with Crippen LogP contribution < -0.4 is 0 Å². The van der Waals surface area contributed by atoms with Gasteiger partial charge in [0, 0.05) is 11.3 Å². The molecule has 0 amide bonds. The van der Waals surface area contributed by atoms with Crippen LogP contribution >= 0.6 is 0 Å². The molecule has 0 N–H and O–H groups in total. The summed E-state index contributed by atoms with van der Waals surface area (Å²) in [6, 6.07) is 0. The standard InChI is InChI=1S/C10H16/c1-9-5-4-7-10(2,3)8-6-9/h9H,4-5,7H2,1-3H3. The van der Waals surface area contributed by atoms with E-state index in [0.29, 0.717) is 5.92 Å². The SMILES string of the molecule is CC1C#CC(C)(C)CCC1. The summed E-state index contributed by atoms with van der Waals surface area (Å²) >= 11 is 0. The third-order valence-corrected chi connectivity index (χ3v) is 2.10. The second kappa shape index (κ2) is 2.66. The maximum Gasteiger partial charge on any atom is 0.0258 e. The van der Waals surface area contributed by atoms with Crippen LogP contribution in [0.2, 0.25) is 0 Å². The van der Waals surface area contributed by atoms with E-state index in [1.807, 2.05) is 0 Å². The third-order valence-electron chi connectivity index (χ3n) is 2.10. The van der Waals surface area contributed by atoms with Gasteiger partial charge in [0.15, 0.2) is 0 Å². The van der Waals surface area contributed by atoms with Crippen LogP contribution in [-0.2, 0) is 0 Å². The molecule has 1 aliphatic carbocycles. The van der Waals surface area contributed by atoms with Crippen LogP contribution in [0.15, 0.2) is 0 Å². The minimum absolute atomic E-state index is 0.282. The Morgan fingerprint density at radius 1 is 1.40 bits per heavy atom. The van der Waals surface area contributed by atoms with Crippen molar-refractivity contribution in [2.24, 2.45) is 11.3 Å². The van der Waals surface area contributed by atoms with Gasteiger partial charge < -0.3 is 0 Å². The normalized spacial score (nSPS) is 30.1. The van der Waals surface area contributed by atoms with E-state index < -0.39 is 0 Å². The van der Waals surface area contributed by atoms with Crippen LogP contribution in [-0.4, -0.2) is 0 Å². The number of rotatable bonds is 0. The van der Waals surface area contributed by atoms with Gasteiger partial charge in [0.2, 0.25) is 0 Å². The summed E-state index contributed by atoms with van der Waals surface area (Å²) in [7, 11) is 0. The minimum Gasteiger partial charge on any atom is -0.0996 e. The van der Waals surface area contributed by atoms with E-state index in [1.54, 1.807) is 0 Å². The van der Waals surface area contributed by atoms with Gasteiger partial charge in [0.1, 0.15) is 0 Å². The summed E-state index contributed by atoms with van der Waals surface area (Å²) in [6.45, 7) is 6.68. The van der Waals surface area contributed by atoms with Crippen LogP contribution in [0.1, 0.15) is 40.0 Å². The molecule has 0 bridgehead atoms. The highest BCUT2D eigenvalue weighted by Crippen LogP contribution is 2.26. The lowest BCUT2D eigenvalue weighted by atomic mass is 9.89. The van der Waals surface area contributed by atoms with Gasteiger partial charge in [-0.2, -0.15) is 0 Å². The van der Waals surface area contributed by atoms with E-state index in [1.165, 1.54) is 19.3 Å². The molecule has 1 unspecified atom stereocenters. The lowest BCUT2D eigenvalue weighted by Crippen LogP contribution is -2.05. The Balaban J connectivity index is 2.66. The van der Waals surface area contributed by atoms with Gasteiger partial charge in [-0.05, 0) is 26.7 Å². The Kier molecular flexibility index (Phi) is 2.04. The molecule has 56 valence electrons. The topological polar surface area (TPSA) is 0 Å². The largest absolute Gasteiger partial charge is 0.0996 e. The van der Waals surface area contributed by atoms with Crippen molar-refractivity contribution in [2.45, 2.75) is 40.0 Å². The first-order valence-corrected chi connectivity index (χ1v) is 4.13. The molecule has 0 aromatic heterocycles. The van der Waals surface area contributed by atoms with Gasteiger partial charge in [-0.3, -0.25) is 0 Å². The molecule has 0 heterocycles. The lowest BCUT2D eigenvalue weighted by Gasteiger charge is -2.14. The average Bonchev–Trinajstić information content (AvgIpc) is 1.94. The maximum absolute atomic E-state index is 3.32. The minimum atomic E-state index is 0.282. The van der Waals surface area contributed by atoms with Crippen molar-refractivity contribution in [3.8, 4) is 11.8 Å². The molecule has 1 aliphatic rings. The predicted octanol–water partition coefficient (Wildman–Crippen LogP) is 2.84. The number of hydrogen-bond acceptors (Lipinski definition) is 0. The molecule has 0 fully saturated rings. The Morgan fingerprint density at radius 2 is 2.10 bits per heavy atom. The fourth-order valence-corrected chi connectivity index (χ4v) is 1.30. The molecule has 0 nitrogen and oxygen atoms in total. The van der Waals surface area contributed by atoms with Gasteiger partial charge in [0.05, 0.1) is 0 Å². The summed E-state index contributed by atoms with van der Waals surface area (Å²) in [5, 5.41) is 0. The molecule has 1 rings (SSSR count). The van der Waals surface area contributed by atoms with E-state index in [0.717, 1.165) is 0 Å². The van der Waals surface area contributed by atoms with Crippen molar-refractivity contribution in [1.29, 1.82) is 0 Å². The summed E-state index contributed by atoms with van der Waals surface area (Å²) in [5.74, 6) is 7.23. The molecule has 10 heavy (non-hydrogen) atoms. The molecule has 1 atom stereocenters. The van der Waals surface area contributed by atoms with Crippen molar-refractivity contribution in [3.05, 3.63) is 0 Å². The molecule has 0 radical (unpaired) electrons. The first-order chi connectivity index (χ1) is 4.60. The highest BCUT2D eigenvalue weighted by atomic mass is 14.2. The predicted molar refractivity (Wildman–Crippen MR) is 44.6 cm³/mol. The van der Waals surface area contributed by atoms with Crippen molar-refractivity contribution in [3.63, 3.8) is 0 Å². The van der Waals surface area contributed by atoms with Gasteiger partial charge in [-0.25, -0.2) is 0 Å². The Morgan fingerprint density at radius 3 is 2.80 bits per heavy atom. The van der Waals surface area contributed by atoms with Gasteiger partial charge in [-0.1, -0.05) is 25.2 Å². The molecule has 0 spiro atoms. The fourth-order valence-electron chi connectivity index (χ4n) is 1.30. The van der Waals surface area contributed by atoms with Crippen molar-refractivity contribution < 1.29 is 0 Å². The maximum atomic E-state index is 3.32. The summed E-state index contributed by atoms with van der Waals surface area (Å²) in [4.78, 5) is 0. The van der Waals surface area contributed by atoms with E-state index in [-0.39, 0.29) is 5.41 Å². The Hall–Kier alpha value is -0.440. The smallest absolute Gasteiger partial charge is 0.0258 e. The zero-order chi connectivity index (χ0) is 7.61. The second-order valence-electron chi connectivity index (χ2n) is 3.95. The summed E-state index contributed by atoms with van der Waals surface area (Å²) in [5.41, 5.74) is 0.282. The van der Waals surface area contributed by atoms with Gasteiger partial charge in [-0.15, -0.1) is 0 Å². The zero-order valence-electron chi connectivity index (χ0n) is 7.20. The molecule has 0 heteroatoms. The molecule has 0 aliphatic heterocycles. The molecule has 0 saturated carbocycles. The Labute approximate surface area is 64.0 Å². The molecule has 0 aromatic carbocycles. The van der Waals surface area contributed by atoms with Crippen molar-refractivity contribution in [2.75, 3.05) is 0 Å². The first-order valence-electron chi connectivity index (χ1n) is 4.13. The van der Waals surface area contributed by atoms with E-state index in [9.17, 15) is 0 Å². The third kappa shape index (κ3) is 2.06. The lowest BCUT2D eigenvalue weighted by molar-refractivity contribution is 0.431. The van der Waals surface area contributed by atoms with E-state index in [2.05, 4.69) is 32.6 Å². The number of hydrogen-bond donors (Lipinski definition) is 0. The van der Waals surface area contributed by atoms with Crippen LogP contribution in [0.4, 0.5) is 0 Å². The first kappa shape index (κ1) is 7.66. The molecular formula is C10H16. The molecule has 0 aromatic rings. The van der Waals surface area contributed by atoms with E-state index >= 15 is 0 Å². The van der Waals surface area contributed by atoms with Crippen LogP contribution in [0.5, 0.6) is 0 Å². The fraction of sp³-hybridized carbons (Fsp3) is 0.800. The zero-order valence-corrected chi connectivity index (χ0v) is 7.20. The molecular weight excluding hydrogens is 120 g/mol. The quantitative estimate of drug-likeness (QED) is 0.449. The Bertz CT molecular complexity index is 166.